The highest BCUT2D eigenvalue weighted by molar-refractivity contribution is 5.76. The summed E-state index contributed by atoms with van der Waals surface area (Å²) in [6, 6.07) is 3.94. The molecule has 0 amide bonds. The molecule has 3 rings (SSSR count). The Kier molecular flexibility index (Phi) is 3.29. The molecule has 1 aliphatic heterocycles. The van der Waals surface area contributed by atoms with Crippen LogP contribution in [-0.4, -0.2) is 38.9 Å². The minimum atomic E-state index is 0.343. The van der Waals surface area contributed by atoms with Crippen molar-refractivity contribution in [1.82, 2.24) is 19.5 Å². The first-order valence-electron chi connectivity index (χ1n) is 6.87. The zero-order chi connectivity index (χ0) is 13.2. The van der Waals surface area contributed by atoms with Crippen molar-refractivity contribution in [2.24, 2.45) is 0 Å². The third-order valence-corrected chi connectivity index (χ3v) is 3.91. The van der Waals surface area contributed by atoms with Gasteiger partial charge >= 0.3 is 0 Å². The first kappa shape index (κ1) is 12.3. The minimum absolute atomic E-state index is 0.343. The van der Waals surface area contributed by atoms with E-state index in [1.54, 1.807) is 6.07 Å². The molecule has 0 radical (unpaired) electrons. The van der Waals surface area contributed by atoms with Gasteiger partial charge in [0.25, 0.3) is 0 Å². The van der Waals surface area contributed by atoms with Gasteiger partial charge < -0.3 is 0 Å². The molecule has 0 aliphatic carbocycles. The molecule has 1 atom stereocenters. The monoisotopic (exact) mass is 258 g/mol. The van der Waals surface area contributed by atoms with Gasteiger partial charge in [0.1, 0.15) is 6.29 Å². The minimum Gasteiger partial charge on any atom is -0.298 e. The van der Waals surface area contributed by atoms with Crippen molar-refractivity contribution in [2.75, 3.05) is 13.1 Å². The van der Waals surface area contributed by atoms with Crippen molar-refractivity contribution in [3.05, 3.63) is 29.7 Å². The first-order valence-corrected chi connectivity index (χ1v) is 6.87. The number of rotatable bonds is 3. The molecule has 5 nitrogen and oxygen atoms in total. The smallest absolute Gasteiger partial charge is 0.161 e. The van der Waals surface area contributed by atoms with Gasteiger partial charge in [0.2, 0.25) is 0 Å². The zero-order valence-electron chi connectivity index (χ0n) is 11.1. The van der Waals surface area contributed by atoms with Crippen molar-refractivity contribution in [3.63, 3.8) is 0 Å². The number of carbonyl (C=O) groups excluding carboxylic acids is 1. The second kappa shape index (κ2) is 5.09. The van der Waals surface area contributed by atoms with Crippen molar-refractivity contribution < 1.29 is 4.79 Å². The van der Waals surface area contributed by atoms with E-state index in [9.17, 15) is 4.79 Å². The molecule has 0 saturated carbocycles. The van der Waals surface area contributed by atoms with E-state index in [0.717, 1.165) is 37.3 Å². The fourth-order valence-electron chi connectivity index (χ4n) is 2.89. The Balaban J connectivity index is 2.02. The maximum absolute atomic E-state index is 10.8. The third kappa shape index (κ3) is 2.14. The average molecular weight is 258 g/mol. The topological polar surface area (TPSA) is 50.5 Å². The van der Waals surface area contributed by atoms with E-state index in [0.29, 0.717) is 11.6 Å². The normalized spacial score (nSPS) is 20.8. The van der Waals surface area contributed by atoms with E-state index in [4.69, 9.17) is 0 Å². The fraction of sp³-hybridized carbons (Fsp3) is 0.500. The van der Waals surface area contributed by atoms with Gasteiger partial charge in [-0.15, -0.1) is 10.2 Å². The van der Waals surface area contributed by atoms with Crippen LogP contribution in [0.2, 0.25) is 0 Å². The number of nitrogens with zero attached hydrogens (tertiary/aromatic N) is 4. The number of pyridine rings is 1. The van der Waals surface area contributed by atoms with Crippen LogP contribution in [0.1, 0.15) is 48.4 Å². The lowest BCUT2D eigenvalue weighted by Gasteiger charge is -2.33. The molecule has 0 spiro atoms. The summed E-state index contributed by atoms with van der Waals surface area (Å²) in [7, 11) is 0. The van der Waals surface area contributed by atoms with Gasteiger partial charge in [0, 0.05) is 11.8 Å². The van der Waals surface area contributed by atoms with Crippen molar-refractivity contribution in [2.45, 2.75) is 32.2 Å². The van der Waals surface area contributed by atoms with Crippen LogP contribution in [0, 0.1) is 0 Å². The van der Waals surface area contributed by atoms with Crippen LogP contribution in [0.3, 0.4) is 0 Å². The quantitative estimate of drug-likeness (QED) is 0.791. The maximum atomic E-state index is 10.8. The molecule has 19 heavy (non-hydrogen) atoms. The highest BCUT2D eigenvalue weighted by Gasteiger charge is 2.26. The van der Waals surface area contributed by atoms with E-state index in [-0.39, 0.29) is 0 Å². The van der Waals surface area contributed by atoms with Gasteiger partial charge in [-0.25, -0.2) is 0 Å². The molecule has 1 unspecified atom stereocenters. The van der Waals surface area contributed by atoms with Gasteiger partial charge in [-0.1, -0.05) is 13.3 Å². The van der Waals surface area contributed by atoms with Crippen molar-refractivity contribution >= 4 is 11.9 Å². The predicted octanol–water partition coefficient (Wildman–Crippen LogP) is 2.09. The molecule has 0 N–H and O–H groups in total. The summed E-state index contributed by atoms with van der Waals surface area (Å²) < 4.78 is 2.01. The van der Waals surface area contributed by atoms with Crippen LogP contribution >= 0.6 is 0 Å². The first-order chi connectivity index (χ1) is 9.33. The second-order valence-corrected chi connectivity index (χ2v) is 5.00. The summed E-state index contributed by atoms with van der Waals surface area (Å²) in [5.41, 5.74) is 1.39. The molecular weight excluding hydrogens is 240 g/mol. The Bertz CT molecular complexity index is 592. The number of likely N-dealkylation sites (tertiary alicyclic amines) is 1. The molecule has 1 fully saturated rings. The summed E-state index contributed by atoms with van der Waals surface area (Å²) in [6.07, 6.45) is 6.37. The van der Waals surface area contributed by atoms with Gasteiger partial charge in [0.15, 0.2) is 11.5 Å². The van der Waals surface area contributed by atoms with Gasteiger partial charge in [0.05, 0.1) is 6.04 Å². The lowest BCUT2D eigenvalue weighted by atomic mass is 10.0. The van der Waals surface area contributed by atoms with Gasteiger partial charge in [-0.2, -0.15) is 0 Å². The van der Waals surface area contributed by atoms with Crippen LogP contribution in [0.4, 0.5) is 0 Å². The largest absolute Gasteiger partial charge is 0.298 e. The van der Waals surface area contributed by atoms with Crippen LogP contribution in [0.25, 0.3) is 5.65 Å². The second-order valence-electron chi connectivity index (χ2n) is 5.00. The molecule has 1 saturated heterocycles. The molecule has 1 aliphatic rings. The van der Waals surface area contributed by atoms with E-state index in [1.165, 1.54) is 12.8 Å². The Labute approximate surface area is 112 Å². The van der Waals surface area contributed by atoms with Crippen molar-refractivity contribution in [3.8, 4) is 0 Å². The predicted molar refractivity (Wildman–Crippen MR) is 72.2 cm³/mol. The Morgan fingerprint density at radius 1 is 1.42 bits per heavy atom. The number of aromatic nitrogens is 3. The highest BCUT2D eigenvalue weighted by Crippen LogP contribution is 2.29. The van der Waals surface area contributed by atoms with Gasteiger partial charge in [-0.05, 0) is 38.1 Å². The van der Waals surface area contributed by atoms with E-state index >= 15 is 0 Å². The van der Waals surface area contributed by atoms with E-state index in [1.807, 2.05) is 16.7 Å². The fourth-order valence-corrected chi connectivity index (χ4v) is 2.89. The Morgan fingerprint density at radius 3 is 3.11 bits per heavy atom. The summed E-state index contributed by atoms with van der Waals surface area (Å²) >= 11 is 0. The highest BCUT2D eigenvalue weighted by atomic mass is 16.1. The van der Waals surface area contributed by atoms with Crippen molar-refractivity contribution in [1.29, 1.82) is 0 Å². The standard InChI is InChI=1S/C14H18N4O/c1-2-17-7-4-3-5-12(17)14-16-15-13-9-11(10-19)6-8-18(13)14/h6,8-10,12H,2-5,7H2,1H3. The van der Waals surface area contributed by atoms with Crippen LogP contribution in [0.15, 0.2) is 18.3 Å². The zero-order valence-corrected chi connectivity index (χ0v) is 11.1. The van der Waals surface area contributed by atoms with E-state index < -0.39 is 0 Å². The molecule has 100 valence electrons. The number of hydrogen-bond acceptors (Lipinski definition) is 4. The molecule has 3 heterocycles. The molecule has 0 bridgehead atoms. The van der Waals surface area contributed by atoms with Crippen LogP contribution in [-0.2, 0) is 0 Å². The average Bonchev–Trinajstić information content (AvgIpc) is 2.89. The van der Waals surface area contributed by atoms with E-state index in [2.05, 4.69) is 22.0 Å². The summed E-state index contributed by atoms with van der Waals surface area (Å²) in [5, 5.41) is 8.55. The Morgan fingerprint density at radius 2 is 2.32 bits per heavy atom. The maximum Gasteiger partial charge on any atom is 0.161 e. The molecule has 5 heteroatoms. The van der Waals surface area contributed by atoms with Crippen LogP contribution in [0.5, 0.6) is 0 Å². The lowest BCUT2D eigenvalue weighted by Crippen LogP contribution is -2.34. The third-order valence-electron chi connectivity index (χ3n) is 3.91. The summed E-state index contributed by atoms with van der Waals surface area (Å²) in [6.45, 7) is 4.35. The summed E-state index contributed by atoms with van der Waals surface area (Å²) in [4.78, 5) is 13.2. The van der Waals surface area contributed by atoms with Gasteiger partial charge in [-0.3, -0.25) is 14.1 Å². The number of carbonyl (C=O) groups is 1. The number of aldehydes is 1. The molecular formula is C14H18N4O. The number of fused-ring (bicyclic) bond motifs is 1. The molecule has 2 aromatic rings. The molecule has 2 aromatic heterocycles. The summed E-state index contributed by atoms with van der Waals surface area (Å²) in [5.74, 6) is 0.994. The van der Waals surface area contributed by atoms with Crippen LogP contribution < -0.4 is 0 Å². The molecule has 0 aromatic carbocycles. The lowest BCUT2D eigenvalue weighted by molar-refractivity contribution is 0.112. The number of hydrogen-bond donors (Lipinski definition) is 0. The Hall–Kier alpha value is -1.75. The SMILES string of the molecule is CCN1CCCCC1c1nnc2cc(C=O)ccn12. The number of piperidine rings is 1.